The number of unbranched alkanes of at least 4 members (excludes halogenated alkanes) is 1. The molecule has 0 spiro atoms. The van der Waals surface area contributed by atoms with Gasteiger partial charge in [0, 0.05) is 49.9 Å². The molecule has 1 amide bonds. The van der Waals surface area contributed by atoms with Crippen LogP contribution in [-0.4, -0.2) is 50.1 Å². The van der Waals surface area contributed by atoms with Crippen LogP contribution in [0.1, 0.15) is 30.4 Å². The molecule has 1 aliphatic heterocycles. The van der Waals surface area contributed by atoms with Crippen LogP contribution < -0.4 is 10.2 Å². The molecule has 29 heavy (non-hydrogen) atoms. The number of hydrogen-bond donors (Lipinski definition) is 1. The first-order valence-electron chi connectivity index (χ1n) is 10.7. The molecule has 3 rings (SSSR count). The van der Waals surface area contributed by atoms with Gasteiger partial charge < -0.3 is 10.2 Å². The fourth-order valence-electron chi connectivity index (χ4n) is 3.78. The maximum atomic E-state index is 12.0. The molecule has 1 heterocycles. The van der Waals surface area contributed by atoms with Gasteiger partial charge in [-0.2, -0.15) is 0 Å². The Balaban J connectivity index is 1.24. The smallest absolute Gasteiger partial charge is 0.220 e. The number of nitrogens with zero attached hydrogens (tertiary/aromatic N) is 2. The van der Waals surface area contributed by atoms with E-state index < -0.39 is 0 Å². The molecule has 0 atom stereocenters. The molecule has 4 nitrogen and oxygen atoms in total. The van der Waals surface area contributed by atoms with E-state index in [-0.39, 0.29) is 5.91 Å². The predicted molar refractivity (Wildman–Crippen MR) is 122 cm³/mol. The van der Waals surface area contributed by atoms with E-state index in [1.807, 2.05) is 24.3 Å². The van der Waals surface area contributed by atoms with Gasteiger partial charge in [-0.05, 0) is 68.1 Å². The summed E-state index contributed by atoms with van der Waals surface area (Å²) in [6, 6.07) is 16.5. The summed E-state index contributed by atoms with van der Waals surface area (Å²) in [4.78, 5) is 17.0. The van der Waals surface area contributed by atoms with Crippen LogP contribution in [0.15, 0.2) is 48.5 Å². The monoisotopic (exact) mass is 413 g/mol. The highest BCUT2D eigenvalue weighted by Crippen LogP contribution is 2.18. The number of rotatable bonds is 9. The molecule has 2 aromatic carbocycles. The molecule has 5 heteroatoms. The fraction of sp³-hybridized carbons (Fsp3) is 0.458. The van der Waals surface area contributed by atoms with Gasteiger partial charge in [-0.25, -0.2) is 0 Å². The van der Waals surface area contributed by atoms with Crippen LogP contribution in [0.3, 0.4) is 0 Å². The van der Waals surface area contributed by atoms with E-state index in [0.29, 0.717) is 6.42 Å². The third kappa shape index (κ3) is 7.37. The molecule has 1 N–H and O–H groups in total. The van der Waals surface area contributed by atoms with E-state index in [9.17, 15) is 4.79 Å². The van der Waals surface area contributed by atoms with Crippen LogP contribution in [0.5, 0.6) is 0 Å². The Morgan fingerprint density at radius 2 is 1.83 bits per heavy atom. The number of carbonyl (C=O) groups is 1. The number of aryl methyl sites for hydroxylation is 2. The number of piperazine rings is 1. The van der Waals surface area contributed by atoms with E-state index in [1.54, 1.807) is 0 Å². The van der Waals surface area contributed by atoms with Crippen molar-refractivity contribution in [1.29, 1.82) is 0 Å². The minimum absolute atomic E-state index is 0.122. The number of carbonyl (C=O) groups excluding carboxylic acids is 1. The van der Waals surface area contributed by atoms with E-state index in [0.717, 1.165) is 69.1 Å². The normalized spacial score (nSPS) is 14.8. The van der Waals surface area contributed by atoms with Gasteiger partial charge in [-0.1, -0.05) is 35.9 Å². The summed E-state index contributed by atoms with van der Waals surface area (Å²) in [5.41, 5.74) is 3.77. The zero-order valence-corrected chi connectivity index (χ0v) is 18.1. The molecule has 0 aliphatic carbocycles. The van der Waals surface area contributed by atoms with Crippen molar-refractivity contribution < 1.29 is 4.79 Å². The SMILES string of the molecule is Cc1cccc(N2CCN(CCCCNC(=O)CCc3cccc(Cl)c3)CC2)c1. The lowest BCUT2D eigenvalue weighted by Crippen LogP contribution is -2.46. The topological polar surface area (TPSA) is 35.6 Å². The number of amides is 1. The molecular weight excluding hydrogens is 382 g/mol. The lowest BCUT2D eigenvalue weighted by molar-refractivity contribution is -0.121. The van der Waals surface area contributed by atoms with E-state index >= 15 is 0 Å². The number of hydrogen-bond acceptors (Lipinski definition) is 3. The minimum atomic E-state index is 0.122. The van der Waals surface area contributed by atoms with Crippen molar-refractivity contribution in [3.8, 4) is 0 Å². The predicted octanol–water partition coefficient (Wildman–Crippen LogP) is 4.30. The standard InChI is InChI=1S/C24H32ClN3O/c1-20-6-4-9-23(18-20)28-16-14-27(15-17-28)13-3-2-12-26-24(29)11-10-21-7-5-8-22(25)19-21/h4-9,18-19H,2-3,10-17H2,1H3,(H,26,29). The van der Waals surface area contributed by atoms with Crippen molar-refractivity contribution in [2.24, 2.45) is 0 Å². The zero-order chi connectivity index (χ0) is 20.5. The van der Waals surface area contributed by atoms with Gasteiger partial charge in [0.05, 0.1) is 0 Å². The van der Waals surface area contributed by atoms with Crippen molar-refractivity contribution in [2.75, 3.05) is 44.2 Å². The van der Waals surface area contributed by atoms with Gasteiger partial charge >= 0.3 is 0 Å². The summed E-state index contributed by atoms with van der Waals surface area (Å²) in [5, 5.41) is 3.77. The van der Waals surface area contributed by atoms with Crippen molar-refractivity contribution in [2.45, 2.75) is 32.6 Å². The Morgan fingerprint density at radius 1 is 1.03 bits per heavy atom. The molecule has 0 saturated carbocycles. The first-order chi connectivity index (χ1) is 14.1. The third-order valence-corrected chi connectivity index (χ3v) is 5.73. The Morgan fingerprint density at radius 3 is 2.59 bits per heavy atom. The zero-order valence-electron chi connectivity index (χ0n) is 17.4. The van der Waals surface area contributed by atoms with Crippen LogP contribution in [0.25, 0.3) is 0 Å². The quantitative estimate of drug-likeness (QED) is 0.622. The summed E-state index contributed by atoms with van der Waals surface area (Å²) in [6.45, 7) is 8.42. The molecule has 0 aromatic heterocycles. The van der Waals surface area contributed by atoms with Crippen LogP contribution >= 0.6 is 11.6 Å². The van der Waals surface area contributed by atoms with Crippen LogP contribution in [0.2, 0.25) is 5.02 Å². The third-order valence-electron chi connectivity index (χ3n) is 5.49. The second-order valence-electron chi connectivity index (χ2n) is 7.85. The number of nitrogens with one attached hydrogen (secondary N) is 1. The van der Waals surface area contributed by atoms with Gasteiger partial charge in [0.25, 0.3) is 0 Å². The first kappa shape index (κ1) is 21.7. The number of benzene rings is 2. The summed E-state index contributed by atoms with van der Waals surface area (Å²) in [6.07, 6.45) is 3.40. The highest BCUT2D eigenvalue weighted by atomic mass is 35.5. The van der Waals surface area contributed by atoms with Crippen molar-refractivity contribution >= 4 is 23.2 Å². The minimum Gasteiger partial charge on any atom is -0.369 e. The first-order valence-corrected chi connectivity index (χ1v) is 11.0. The van der Waals surface area contributed by atoms with E-state index in [4.69, 9.17) is 11.6 Å². The highest BCUT2D eigenvalue weighted by molar-refractivity contribution is 6.30. The van der Waals surface area contributed by atoms with Crippen LogP contribution in [0.4, 0.5) is 5.69 Å². The summed E-state index contributed by atoms with van der Waals surface area (Å²) >= 11 is 5.98. The van der Waals surface area contributed by atoms with Crippen molar-refractivity contribution in [3.05, 3.63) is 64.7 Å². The molecule has 2 aromatic rings. The molecule has 1 aliphatic rings. The van der Waals surface area contributed by atoms with Crippen molar-refractivity contribution in [1.82, 2.24) is 10.2 Å². The second kappa shape index (κ2) is 11.2. The molecule has 156 valence electrons. The van der Waals surface area contributed by atoms with Gasteiger partial charge in [-0.15, -0.1) is 0 Å². The van der Waals surface area contributed by atoms with E-state index in [2.05, 4.69) is 46.3 Å². The average molecular weight is 414 g/mol. The Kier molecular flexibility index (Phi) is 8.38. The summed E-state index contributed by atoms with van der Waals surface area (Å²) in [5.74, 6) is 0.122. The summed E-state index contributed by atoms with van der Waals surface area (Å²) in [7, 11) is 0. The van der Waals surface area contributed by atoms with Crippen molar-refractivity contribution in [3.63, 3.8) is 0 Å². The van der Waals surface area contributed by atoms with Gasteiger partial charge in [0.15, 0.2) is 0 Å². The Labute approximate surface area is 179 Å². The number of anilines is 1. The molecule has 0 unspecified atom stereocenters. The maximum absolute atomic E-state index is 12.0. The van der Waals surface area contributed by atoms with Crippen LogP contribution in [0, 0.1) is 6.92 Å². The summed E-state index contributed by atoms with van der Waals surface area (Å²) < 4.78 is 0. The molecule has 1 saturated heterocycles. The fourth-order valence-corrected chi connectivity index (χ4v) is 3.99. The largest absolute Gasteiger partial charge is 0.369 e. The van der Waals surface area contributed by atoms with Gasteiger partial charge in [-0.3, -0.25) is 9.69 Å². The Hall–Kier alpha value is -2.04. The molecule has 0 bridgehead atoms. The molecular formula is C24H32ClN3O. The van der Waals surface area contributed by atoms with Gasteiger partial charge in [0.2, 0.25) is 5.91 Å². The average Bonchev–Trinajstić information content (AvgIpc) is 2.72. The lowest BCUT2D eigenvalue weighted by Gasteiger charge is -2.36. The second-order valence-corrected chi connectivity index (χ2v) is 8.29. The molecule has 0 radical (unpaired) electrons. The van der Waals surface area contributed by atoms with Crippen LogP contribution in [-0.2, 0) is 11.2 Å². The van der Waals surface area contributed by atoms with E-state index in [1.165, 1.54) is 11.3 Å². The maximum Gasteiger partial charge on any atom is 0.220 e. The van der Waals surface area contributed by atoms with Gasteiger partial charge in [0.1, 0.15) is 0 Å². The highest BCUT2D eigenvalue weighted by Gasteiger charge is 2.16. The Bertz CT molecular complexity index is 787. The number of halogens is 1. The lowest BCUT2D eigenvalue weighted by atomic mass is 10.1. The molecule has 1 fully saturated rings.